The second-order valence-electron chi connectivity index (χ2n) is 8.55. The zero-order valence-corrected chi connectivity index (χ0v) is 18.8. The number of anilines is 1. The smallest absolute Gasteiger partial charge is 0.410 e. The molecule has 0 saturated carbocycles. The molecule has 32 heavy (non-hydrogen) atoms. The molecule has 1 atom stereocenters. The second kappa shape index (κ2) is 9.22. The Labute approximate surface area is 187 Å². The molecule has 1 aromatic heterocycles. The van der Waals surface area contributed by atoms with E-state index in [1.807, 2.05) is 32.9 Å². The zero-order chi connectivity index (χ0) is 23.5. The summed E-state index contributed by atoms with van der Waals surface area (Å²) in [7, 11) is 1.25. The Hall–Kier alpha value is -3.67. The van der Waals surface area contributed by atoms with Crippen LogP contribution in [0.2, 0.25) is 0 Å². The Kier molecular flexibility index (Phi) is 6.63. The summed E-state index contributed by atoms with van der Waals surface area (Å²) in [5.41, 5.74) is 6.24. The third kappa shape index (κ3) is 4.97. The van der Waals surface area contributed by atoms with E-state index in [0.717, 1.165) is 12.8 Å². The molecule has 9 heteroatoms. The summed E-state index contributed by atoms with van der Waals surface area (Å²) in [6.07, 6.45) is 2.38. The van der Waals surface area contributed by atoms with E-state index in [1.165, 1.54) is 17.9 Å². The van der Waals surface area contributed by atoms with E-state index < -0.39 is 11.6 Å². The first-order valence-corrected chi connectivity index (χ1v) is 10.4. The van der Waals surface area contributed by atoms with Crippen LogP contribution in [0.1, 0.15) is 49.7 Å². The van der Waals surface area contributed by atoms with E-state index in [-0.39, 0.29) is 29.1 Å². The van der Waals surface area contributed by atoms with Gasteiger partial charge in [0.15, 0.2) is 5.69 Å². The lowest BCUT2D eigenvalue weighted by atomic mass is 10.1. The summed E-state index contributed by atoms with van der Waals surface area (Å²) in [6.45, 7) is 6.47. The van der Waals surface area contributed by atoms with Gasteiger partial charge < -0.3 is 29.4 Å². The van der Waals surface area contributed by atoms with Crippen molar-refractivity contribution < 1.29 is 23.8 Å². The van der Waals surface area contributed by atoms with Gasteiger partial charge in [0.2, 0.25) is 0 Å². The summed E-state index contributed by atoms with van der Waals surface area (Å²) in [5, 5.41) is 9.37. The number of nitrogens with two attached hydrogens (primary N) is 1. The van der Waals surface area contributed by atoms with Gasteiger partial charge in [0.25, 0.3) is 0 Å². The summed E-state index contributed by atoms with van der Waals surface area (Å²) in [4.78, 5) is 26.5. The van der Waals surface area contributed by atoms with Crippen molar-refractivity contribution in [2.24, 2.45) is 0 Å². The van der Waals surface area contributed by atoms with Gasteiger partial charge in [-0.2, -0.15) is 5.26 Å². The Morgan fingerprint density at radius 2 is 1.97 bits per heavy atom. The molecule has 2 N–H and O–H groups in total. The number of ether oxygens (including phenoxy) is 3. The maximum atomic E-state index is 12.5. The van der Waals surface area contributed by atoms with Crippen LogP contribution in [0.3, 0.4) is 0 Å². The molecule has 9 nitrogen and oxygen atoms in total. The number of rotatable bonds is 4. The second-order valence-corrected chi connectivity index (χ2v) is 8.55. The van der Waals surface area contributed by atoms with E-state index in [4.69, 9.17) is 19.9 Å². The van der Waals surface area contributed by atoms with Crippen LogP contribution in [0.25, 0.3) is 5.69 Å². The average Bonchev–Trinajstić information content (AvgIpc) is 3.08. The molecule has 3 rings (SSSR count). The quantitative estimate of drug-likeness (QED) is 0.723. The number of aromatic nitrogens is 1. The molecule has 1 unspecified atom stereocenters. The van der Waals surface area contributed by atoms with Crippen LogP contribution in [0.15, 0.2) is 30.5 Å². The van der Waals surface area contributed by atoms with Crippen molar-refractivity contribution in [2.45, 2.75) is 45.3 Å². The molecule has 2 heterocycles. The number of benzene rings is 1. The molecule has 2 aromatic rings. The van der Waals surface area contributed by atoms with Gasteiger partial charge in [-0.25, -0.2) is 9.59 Å². The summed E-state index contributed by atoms with van der Waals surface area (Å²) >= 11 is 0. The topological polar surface area (TPSA) is 120 Å². The predicted molar refractivity (Wildman–Crippen MR) is 118 cm³/mol. The fourth-order valence-electron chi connectivity index (χ4n) is 3.57. The van der Waals surface area contributed by atoms with Crippen LogP contribution in [-0.2, 0) is 9.47 Å². The molecule has 1 aliphatic rings. The van der Waals surface area contributed by atoms with E-state index in [2.05, 4.69) is 0 Å². The predicted octanol–water partition coefficient (Wildman–Crippen LogP) is 3.50. The largest absolute Gasteiger partial charge is 0.486 e. The minimum absolute atomic E-state index is 0.0444. The molecular formula is C23H28N4O5. The van der Waals surface area contributed by atoms with Crippen molar-refractivity contribution >= 4 is 17.7 Å². The molecule has 0 aliphatic carbocycles. The zero-order valence-electron chi connectivity index (χ0n) is 18.8. The van der Waals surface area contributed by atoms with Crippen LogP contribution < -0.4 is 10.5 Å². The number of nitrogens with zero attached hydrogens (tertiary/aromatic N) is 3. The number of hydrogen-bond acceptors (Lipinski definition) is 7. The lowest BCUT2D eigenvalue weighted by Crippen LogP contribution is -2.46. The number of nitrogen functional groups attached to an aromatic ring is 1. The third-order valence-corrected chi connectivity index (χ3v) is 4.99. The van der Waals surface area contributed by atoms with Gasteiger partial charge in [0.05, 0.1) is 30.6 Å². The molecule has 1 aliphatic heterocycles. The molecule has 1 fully saturated rings. The van der Waals surface area contributed by atoms with Gasteiger partial charge in [-0.3, -0.25) is 0 Å². The van der Waals surface area contributed by atoms with Gasteiger partial charge in [-0.1, -0.05) is 12.1 Å². The first kappa shape index (κ1) is 23.0. The van der Waals surface area contributed by atoms with Crippen molar-refractivity contribution in [1.82, 2.24) is 9.47 Å². The molecule has 0 bridgehead atoms. The van der Waals surface area contributed by atoms with Crippen molar-refractivity contribution in [3.8, 4) is 17.5 Å². The minimum Gasteiger partial charge on any atom is -0.486 e. The Balaban J connectivity index is 1.88. The van der Waals surface area contributed by atoms with Crippen LogP contribution >= 0.6 is 0 Å². The fourth-order valence-corrected chi connectivity index (χ4v) is 3.57. The van der Waals surface area contributed by atoms with Gasteiger partial charge in [-0.15, -0.1) is 0 Å². The van der Waals surface area contributed by atoms with E-state index in [0.29, 0.717) is 24.5 Å². The Bertz CT molecular complexity index is 1050. The van der Waals surface area contributed by atoms with Crippen LogP contribution in [0.5, 0.6) is 5.75 Å². The Morgan fingerprint density at radius 3 is 2.62 bits per heavy atom. The molecular weight excluding hydrogens is 412 g/mol. The van der Waals surface area contributed by atoms with E-state index >= 15 is 0 Å². The SMILES string of the molecule is COC(=O)c1c(N)c(C#N)cn1-c1ccccc1OC1CCCN(C(=O)OC(C)(C)C)C1. The number of carbonyl (C=O) groups excluding carboxylic acids is 2. The number of methoxy groups -OCH3 is 1. The number of para-hydroxylation sites is 2. The van der Waals surface area contributed by atoms with Crippen LogP contribution in [0, 0.1) is 11.3 Å². The number of carbonyl (C=O) groups is 2. The molecule has 0 spiro atoms. The van der Waals surface area contributed by atoms with Crippen molar-refractivity contribution in [1.29, 1.82) is 5.26 Å². The number of amides is 1. The maximum Gasteiger partial charge on any atom is 0.410 e. The number of hydrogen-bond donors (Lipinski definition) is 1. The highest BCUT2D eigenvalue weighted by molar-refractivity contribution is 5.96. The van der Waals surface area contributed by atoms with Gasteiger partial charge in [-0.05, 0) is 45.7 Å². The van der Waals surface area contributed by atoms with Gasteiger partial charge >= 0.3 is 12.1 Å². The normalized spacial score (nSPS) is 16.2. The highest BCUT2D eigenvalue weighted by Crippen LogP contribution is 2.31. The van der Waals surface area contributed by atoms with Crippen molar-refractivity contribution in [2.75, 3.05) is 25.9 Å². The van der Waals surface area contributed by atoms with Gasteiger partial charge in [0.1, 0.15) is 23.5 Å². The number of likely N-dealkylation sites (tertiary alicyclic amines) is 1. The lowest BCUT2D eigenvalue weighted by molar-refractivity contribution is 0.00774. The minimum atomic E-state index is -0.660. The maximum absolute atomic E-state index is 12.5. The van der Waals surface area contributed by atoms with Crippen molar-refractivity contribution in [3.05, 3.63) is 41.7 Å². The highest BCUT2D eigenvalue weighted by Gasteiger charge is 2.30. The first-order valence-electron chi connectivity index (χ1n) is 10.4. The molecule has 0 radical (unpaired) electrons. The number of nitriles is 1. The summed E-state index contributed by atoms with van der Waals surface area (Å²) in [5.74, 6) is -0.166. The third-order valence-electron chi connectivity index (χ3n) is 4.99. The Morgan fingerprint density at radius 1 is 1.25 bits per heavy atom. The van der Waals surface area contributed by atoms with Crippen molar-refractivity contribution in [3.63, 3.8) is 0 Å². The number of piperidine rings is 1. The molecule has 1 saturated heterocycles. The highest BCUT2D eigenvalue weighted by atomic mass is 16.6. The number of esters is 1. The standard InChI is InChI=1S/C23H28N4O5/c1-23(2,3)32-22(29)26-11-7-8-16(14-26)31-18-10-6-5-9-17(18)27-13-15(12-24)19(25)20(27)21(28)30-4/h5-6,9-10,13,16H,7-8,11,14,25H2,1-4H3. The lowest BCUT2D eigenvalue weighted by Gasteiger charge is -2.34. The van der Waals surface area contributed by atoms with E-state index in [9.17, 15) is 14.9 Å². The molecule has 1 amide bonds. The van der Waals surface area contributed by atoms with Gasteiger partial charge in [0, 0.05) is 12.7 Å². The first-order chi connectivity index (χ1) is 15.1. The summed E-state index contributed by atoms with van der Waals surface area (Å²) in [6, 6.07) is 9.12. The fraction of sp³-hybridized carbons (Fsp3) is 0.435. The monoisotopic (exact) mass is 440 g/mol. The molecule has 170 valence electrons. The average molecular weight is 441 g/mol. The van der Waals surface area contributed by atoms with Crippen LogP contribution in [-0.4, -0.2) is 53.4 Å². The summed E-state index contributed by atoms with van der Waals surface area (Å²) < 4.78 is 18.1. The van der Waals surface area contributed by atoms with E-state index in [1.54, 1.807) is 23.1 Å². The van der Waals surface area contributed by atoms with Crippen LogP contribution in [0.4, 0.5) is 10.5 Å². The molecule has 1 aromatic carbocycles.